The van der Waals surface area contributed by atoms with Crippen molar-refractivity contribution in [2.75, 3.05) is 6.61 Å². The maximum absolute atomic E-state index is 13.8. The molecule has 1 heterocycles. The largest absolute Gasteiger partial charge is 0.481 e. The monoisotopic (exact) mass is 736 g/mol. The van der Waals surface area contributed by atoms with Crippen LogP contribution in [0, 0.1) is 11.8 Å². The first-order valence-electron chi connectivity index (χ1n) is 20.4. The van der Waals surface area contributed by atoms with E-state index in [1.807, 2.05) is 42.5 Å². The summed E-state index contributed by atoms with van der Waals surface area (Å²) in [7, 11) is -1.98. The zero-order chi connectivity index (χ0) is 37.6. The van der Waals surface area contributed by atoms with E-state index in [4.69, 9.17) is 23.7 Å². The van der Waals surface area contributed by atoms with Crippen molar-refractivity contribution in [3.05, 3.63) is 60.2 Å². The minimum atomic E-state index is -1.98. The highest BCUT2D eigenvalue weighted by molar-refractivity contribution is 6.74. The van der Waals surface area contributed by atoms with E-state index >= 15 is 0 Å². The van der Waals surface area contributed by atoms with Crippen LogP contribution in [0.4, 0.5) is 0 Å². The van der Waals surface area contributed by atoms with Crippen LogP contribution in [0.3, 0.4) is 0 Å². The lowest BCUT2D eigenvalue weighted by Gasteiger charge is -2.40. The van der Waals surface area contributed by atoms with E-state index in [2.05, 4.69) is 52.9 Å². The predicted molar refractivity (Wildman–Crippen MR) is 212 cm³/mol. The number of carbonyl (C=O) groups is 2. The molecule has 290 valence electrons. The molecule has 1 saturated heterocycles. The highest BCUT2D eigenvalue weighted by Crippen LogP contribution is 2.45. The fraction of sp³-hybridized carbons (Fsp3) is 0.682. The number of carboxylic acid groups (broad SMARTS) is 1. The Hall–Kier alpha value is -2.52. The maximum atomic E-state index is 13.8. The van der Waals surface area contributed by atoms with Gasteiger partial charge in [-0.3, -0.25) is 4.79 Å². The topological polar surface area (TPSA) is 91.3 Å². The van der Waals surface area contributed by atoms with E-state index in [0.29, 0.717) is 18.4 Å². The van der Waals surface area contributed by atoms with Crippen LogP contribution < -0.4 is 0 Å². The number of aliphatic carboxylic acids is 1. The Kier molecular flexibility index (Phi) is 16.9. The molecule has 0 bridgehead atoms. The Labute approximate surface area is 315 Å². The molecule has 6 atom stereocenters. The second kappa shape index (κ2) is 20.8. The van der Waals surface area contributed by atoms with E-state index in [1.165, 1.54) is 19.3 Å². The third kappa shape index (κ3) is 13.1. The molecule has 7 nitrogen and oxygen atoms in total. The molecule has 0 spiro atoms. The number of ether oxygens (including phenoxy) is 3. The summed E-state index contributed by atoms with van der Waals surface area (Å²) < 4.78 is 26.5. The van der Waals surface area contributed by atoms with Gasteiger partial charge in [0.25, 0.3) is 0 Å². The summed E-state index contributed by atoms with van der Waals surface area (Å²) in [5, 5.41) is 9.27. The minimum Gasteiger partial charge on any atom is -0.481 e. The van der Waals surface area contributed by atoms with Crippen LogP contribution in [0.15, 0.2) is 54.6 Å². The number of hydrogen-bond donors (Lipinski definition) is 1. The molecule has 0 aromatic heterocycles. The maximum Gasteiger partial charge on any atom is 0.338 e. The molecular formula is C44H68O7Si. The zero-order valence-electron chi connectivity index (χ0n) is 33.1. The number of carbonyl (C=O) groups excluding carboxylic acids is 1. The molecule has 1 aliphatic carbocycles. The van der Waals surface area contributed by atoms with Gasteiger partial charge in [0.2, 0.25) is 0 Å². The third-order valence-electron chi connectivity index (χ3n) is 11.8. The lowest BCUT2D eigenvalue weighted by Crippen LogP contribution is -2.44. The first-order chi connectivity index (χ1) is 24.9. The normalized spacial score (nSPS) is 23.0. The number of benzene rings is 2. The van der Waals surface area contributed by atoms with E-state index in [1.54, 1.807) is 0 Å². The van der Waals surface area contributed by atoms with E-state index in [9.17, 15) is 9.59 Å². The lowest BCUT2D eigenvalue weighted by molar-refractivity contribution is -0.196. The van der Waals surface area contributed by atoms with Crippen LogP contribution >= 0.6 is 0 Å². The van der Waals surface area contributed by atoms with E-state index in [-0.39, 0.29) is 53.9 Å². The predicted octanol–water partition coefficient (Wildman–Crippen LogP) is 11.6. The molecule has 2 unspecified atom stereocenters. The average molecular weight is 737 g/mol. The van der Waals surface area contributed by atoms with Gasteiger partial charge < -0.3 is 23.7 Å². The molecule has 0 amide bonds. The number of esters is 1. The molecule has 1 N–H and O–H groups in total. The third-order valence-corrected chi connectivity index (χ3v) is 16.4. The van der Waals surface area contributed by atoms with Gasteiger partial charge in [-0.15, -0.1) is 0 Å². The smallest absolute Gasteiger partial charge is 0.338 e. The van der Waals surface area contributed by atoms with Gasteiger partial charge in [0, 0.05) is 31.5 Å². The Morgan fingerprint density at radius 2 is 1.54 bits per heavy atom. The second-order valence-corrected chi connectivity index (χ2v) is 21.6. The van der Waals surface area contributed by atoms with Crippen molar-refractivity contribution in [3.8, 4) is 11.1 Å². The molecule has 2 aromatic rings. The van der Waals surface area contributed by atoms with Crippen LogP contribution in [0.5, 0.6) is 0 Å². The summed E-state index contributed by atoms with van der Waals surface area (Å²) in [4.78, 5) is 24.9. The molecule has 52 heavy (non-hydrogen) atoms. The first kappa shape index (κ1) is 42.2. The van der Waals surface area contributed by atoms with E-state index in [0.717, 1.165) is 81.9 Å². The fourth-order valence-electron chi connectivity index (χ4n) is 7.74. The molecule has 1 saturated carbocycles. The fourth-order valence-corrected chi connectivity index (χ4v) is 9.16. The van der Waals surface area contributed by atoms with Crippen molar-refractivity contribution in [2.24, 2.45) is 11.8 Å². The summed E-state index contributed by atoms with van der Waals surface area (Å²) in [6.45, 7) is 14.6. The Bertz CT molecular complexity index is 1330. The number of rotatable bonds is 21. The van der Waals surface area contributed by atoms with Crippen molar-refractivity contribution in [1.82, 2.24) is 0 Å². The van der Waals surface area contributed by atoms with Gasteiger partial charge in [-0.05, 0) is 98.7 Å². The van der Waals surface area contributed by atoms with Gasteiger partial charge in [0.05, 0.1) is 11.7 Å². The van der Waals surface area contributed by atoms with Crippen LogP contribution in [0.1, 0.15) is 141 Å². The first-order valence-corrected chi connectivity index (χ1v) is 23.3. The highest BCUT2D eigenvalue weighted by Gasteiger charge is 2.47. The number of carboxylic acids is 1. The standard InChI is InChI=1S/C44H68O7Si/c1-7-8-12-21-36(51-52(5,6)44(2,3)4)29-30-38-37(22-15-9-10-16-23-41(45)46)40(32-39(38)49-42-24-17-18-31-48-42)50-43(47)35-27-25-34(26-28-35)33-19-13-11-14-20-33/h11,13-14,19-20,25-28,36-40,42H,7-10,12,15-18,21-24,29-32H2,1-6H3,(H,45,46)/t36-,37-,38-,39?,40+,42?/m1/s1. The molecule has 2 aliphatic rings. The average Bonchev–Trinajstić information content (AvgIpc) is 3.43. The molecule has 2 fully saturated rings. The summed E-state index contributed by atoms with van der Waals surface area (Å²) >= 11 is 0. The van der Waals surface area contributed by atoms with Crippen LogP contribution in [-0.4, -0.2) is 56.6 Å². The summed E-state index contributed by atoms with van der Waals surface area (Å²) in [5.41, 5.74) is 2.73. The molecule has 2 aromatic carbocycles. The second-order valence-electron chi connectivity index (χ2n) is 16.8. The molecule has 8 heteroatoms. The molecule has 0 radical (unpaired) electrons. The van der Waals surface area contributed by atoms with Crippen molar-refractivity contribution >= 4 is 20.3 Å². The van der Waals surface area contributed by atoms with Crippen LogP contribution in [-0.2, 0) is 23.4 Å². The van der Waals surface area contributed by atoms with Crippen molar-refractivity contribution < 1.29 is 33.3 Å². The number of unbranched alkanes of at least 4 members (excludes halogenated alkanes) is 5. The van der Waals surface area contributed by atoms with E-state index < -0.39 is 14.3 Å². The summed E-state index contributed by atoms with van der Waals surface area (Å²) in [6, 6.07) is 17.9. The van der Waals surface area contributed by atoms with Gasteiger partial charge in [-0.1, -0.05) is 109 Å². The van der Waals surface area contributed by atoms with Crippen LogP contribution in [0.2, 0.25) is 18.1 Å². The van der Waals surface area contributed by atoms with Gasteiger partial charge in [0.15, 0.2) is 14.6 Å². The minimum absolute atomic E-state index is 0.0671. The zero-order valence-corrected chi connectivity index (χ0v) is 34.1. The summed E-state index contributed by atoms with van der Waals surface area (Å²) in [5.74, 6) is -0.676. The Morgan fingerprint density at radius 3 is 2.19 bits per heavy atom. The number of hydrogen-bond acceptors (Lipinski definition) is 6. The van der Waals surface area contributed by atoms with Gasteiger partial charge in [-0.2, -0.15) is 0 Å². The van der Waals surface area contributed by atoms with Crippen molar-refractivity contribution in [1.29, 1.82) is 0 Å². The Balaban J connectivity index is 1.55. The Morgan fingerprint density at radius 1 is 0.846 bits per heavy atom. The molecular weight excluding hydrogens is 669 g/mol. The molecule has 1 aliphatic heterocycles. The van der Waals surface area contributed by atoms with Gasteiger partial charge in [0.1, 0.15) is 6.10 Å². The van der Waals surface area contributed by atoms with Crippen LogP contribution in [0.25, 0.3) is 11.1 Å². The summed E-state index contributed by atoms with van der Waals surface area (Å²) in [6.07, 6.45) is 14.5. The highest BCUT2D eigenvalue weighted by atomic mass is 28.4. The molecule has 4 rings (SSSR count). The van der Waals surface area contributed by atoms with Gasteiger partial charge in [-0.25, -0.2) is 4.79 Å². The lowest BCUT2D eigenvalue weighted by atomic mass is 9.84. The van der Waals surface area contributed by atoms with Crippen molar-refractivity contribution in [3.63, 3.8) is 0 Å². The quantitative estimate of drug-likeness (QED) is 0.0775. The van der Waals surface area contributed by atoms with Crippen molar-refractivity contribution in [2.45, 2.75) is 173 Å². The van der Waals surface area contributed by atoms with Gasteiger partial charge >= 0.3 is 11.9 Å². The SMILES string of the molecule is CCCCC[C@H](CC[C@H]1C(OC2CCCCO2)C[C@H](OC(=O)c2ccc(-c3ccccc3)cc2)[C@@H]1CCCCCCC(=O)O)O[Si](C)(C)C(C)(C)C.